The number of amides is 1. The molecule has 2 aromatic heterocycles. The molecule has 0 unspecified atom stereocenters. The van der Waals surface area contributed by atoms with E-state index < -0.39 is 0 Å². The Morgan fingerprint density at radius 2 is 2.07 bits per heavy atom. The molecule has 1 amide bonds. The fourth-order valence-corrected chi connectivity index (χ4v) is 3.09. The van der Waals surface area contributed by atoms with E-state index in [0.717, 1.165) is 22.8 Å². The summed E-state index contributed by atoms with van der Waals surface area (Å²) >= 11 is 1.61. The van der Waals surface area contributed by atoms with Gasteiger partial charge in [0.25, 0.3) is 5.95 Å². The number of pyridine rings is 1. The molecular formula is C21H20FN3O3S. The van der Waals surface area contributed by atoms with Gasteiger partial charge in [-0.15, -0.1) is 11.8 Å². The highest BCUT2D eigenvalue weighted by Crippen LogP contribution is 2.17. The van der Waals surface area contributed by atoms with Crippen LogP contribution in [-0.2, 0) is 11.4 Å². The van der Waals surface area contributed by atoms with Crippen LogP contribution in [0.15, 0.2) is 75.3 Å². The number of rotatable bonds is 10. The third kappa shape index (κ3) is 7.42. The first-order chi connectivity index (χ1) is 14.2. The van der Waals surface area contributed by atoms with Gasteiger partial charge in [-0.25, -0.2) is 14.8 Å². The first-order valence-corrected chi connectivity index (χ1v) is 10.0. The number of benzene rings is 1. The van der Waals surface area contributed by atoms with Crippen molar-refractivity contribution in [2.75, 3.05) is 5.75 Å². The molecule has 0 atom stereocenters. The lowest BCUT2D eigenvalue weighted by Gasteiger charge is -2.02. The summed E-state index contributed by atoms with van der Waals surface area (Å²) in [5.41, 5.74) is 3.30. The smallest absolute Gasteiger partial charge is 0.285 e. The van der Waals surface area contributed by atoms with E-state index in [-0.39, 0.29) is 18.3 Å². The number of nitrogens with zero attached hydrogens (tertiary/aromatic N) is 2. The minimum absolute atomic E-state index is 0.165. The third-order valence-electron chi connectivity index (χ3n) is 3.71. The van der Waals surface area contributed by atoms with Crippen molar-refractivity contribution < 1.29 is 18.3 Å². The fraction of sp³-hybridized carbons (Fsp3) is 0.190. The van der Waals surface area contributed by atoms with E-state index in [2.05, 4.69) is 15.5 Å². The van der Waals surface area contributed by atoms with E-state index >= 15 is 0 Å². The second-order valence-corrected chi connectivity index (χ2v) is 7.10. The number of halogens is 1. The molecule has 0 radical (unpaired) electrons. The van der Waals surface area contributed by atoms with E-state index in [4.69, 9.17) is 9.15 Å². The van der Waals surface area contributed by atoms with Crippen LogP contribution >= 0.6 is 11.8 Å². The summed E-state index contributed by atoms with van der Waals surface area (Å²) in [6.45, 7) is 0.262. The number of nitrogens with one attached hydrogen (secondary N) is 1. The van der Waals surface area contributed by atoms with Crippen molar-refractivity contribution in [1.82, 2.24) is 10.4 Å². The van der Waals surface area contributed by atoms with Gasteiger partial charge in [0.2, 0.25) is 5.91 Å². The van der Waals surface area contributed by atoms with Crippen LogP contribution in [0, 0.1) is 5.82 Å². The molecule has 0 bridgehead atoms. The summed E-state index contributed by atoms with van der Waals surface area (Å²) in [6, 6.07) is 15.1. The SMILES string of the molecule is O=C(CCCSc1ccccn1)N/N=C\c1ccc(OCc2ccc(F)cc2)o1. The molecule has 29 heavy (non-hydrogen) atoms. The Kier molecular flexibility index (Phi) is 7.82. The van der Waals surface area contributed by atoms with Gasteiger partial charge < -0.3 is 9.15 Å². The first-order valence-electron chi connectivity index (χ1n) is 9.02. The zero-order valence-corrected chi connectivity index (χ0v) is 16.4. The zero-order valence-electron chi connectivity index (χ0n) is 15.6. The van der Waals surface area contributed by atoms with Gasteiger partial charge in [0.05, 0.1) is 11.2 Å². The summed E-state index contributed by atoms with van der Waals surface area (Å²) < 4.78 is 23.8. The van der Waals surface area contributed by atoms with E-state index in [1.165, 1.54) is 18.3 Å². The number of hydrogen-bond donors (Lipinski definition) is 1. The summed E-state index contributed by atoms with van der Waals surface area (Å²) in [6.07, 6.45) is 4.26. The number of ether oxygens (including phenoxy) is 1. The van der Waals surface area contributed by atoms with Gasteiger partial charge in [0.15, 0.2) is 5.76 Å². The molecule has 0 saturated heterocycles. The van der Waals surface area contributed by atoms with Crippen LogP contribution in [0.4, 0.5) is 4.39 Å². The molecule has 0 aliphatic heterocycles. The largest absolute Gasteiger partial charge is 0.460 e. The van der Waals surface area contributed by atoms with Gasteiger partial charge >= 0.3 is 0 Å². The third-order valence-corrected chi connectivity index (χ3v) is 4.74. The topological polar surface area (TPSA) is 76.7 Å². The molecule has 150 valence electrons. The molecule has 0 saturated carbocycles. The second kappa shape index (κ2) is 11.0. The molecule has 8 heteroatoms. The Hall–Kier alpha value is -3.13. The number of carbonyl (C=O) groups excluding carboxylic acids is 1. The Morgan fingerprint density at radius 3 is 2.86 bits per heavy atom. The summed E-state index contributed by atoms with van der Waals surface area (Å²) in [4.78, 5) is 16.0. The predicted octanol–water partition coefficient (Wildman–Crippen LogP) is 4.42. The molecule has 1 N–H and O–H groups in total. The molecule has 1 aromatic carbocycles. The van der Waals surface area contributed by atoms with Crippen LogP contribution in [0.2, 0.25) is 0 Å². The van der Waals surface area contributed by atoms with Crippen molar-refractivity contribution in [1.29, 1.82) is 0 Å². The quantitative estimate of drug-likeness (QED) is 0.231. The van der Waals surface area contributed by atoms with Crippen molar-refractivity contribution in [3.63, 3.8) is 0 Å². The van der Waals surface area contributed by atoms with E-state index in [0.29, 0.717) is 18.1 Å². The van der Waals surface area contributed by atoms with Crippen molar-refractivity contribution in [2.24, 2.45) is 5.10 Å². The maximum atomic E-state index is 12.9. The lowest BCUT2D eigenvalue weighted by atomic mass is 10.2. The number of thioether (sulfide) groups is 1. The van der Waals surface area contributed by atoms with Crippen molar-refractivity contribution in [2.45, 2.75) is 24.5 Å². The second-order valence-electron chi connectivity index (χ2n) is 5.99. The highest BCUT2D eigenvalue weighted by Gasteiger charge is 2.04. The van der Waals surface area contributed by atoms with Gasteiger partial charge in [-0.3, -0.25) is 4.79 Å². The van der Waals surface area contributed by atoms with Gasteiger partial charge in [0.1, 0.15) is 12.4 Å². The van der Waals surface area contributed by atoms with Gasteiger partial charge in [0, 0.05) is 18.7 Å². The number of carbonyl (C=O) groups is 1. The maximum Gasteiger partial charge on any atom is 0.285 e. The molecular weight excluding hydrogens is 393 g/mol. The number of aromatic nitrogens is 1. The Bertz CT molecular complexity index is 930. The van der Waals surface area contributed by atoms with Crippen LogP contribution in [0.1, 0.15) is 24.2 Å². The van der Waals surface area contributed by atoms with Crippen molar-refractivity contribution >= 4 is 23.9 Å². The Morgan fingerprint density at radius 1 is 1.21 bits per heavy atom. The molecule has 0 aliphatic carbocycles. The van der Waals surface area contributed by atoms with Gasteiger partial charge in [-0.2, -0.15) is 5.10 Å². The zero-order chi connectivity index (χ0) is 20.3. The molecule has 3 aromatic rings. The van der Waals surface area contributed by atoms with Gasteiger partial charge in [-0.1, -0.05) is 18.2 Å². The highest BCUT2D eigenvalue weighted by atomic mass is 32.2. The molecule has 6 nitrogen and oxygen atoms in total. The minimum atomic E-state index is -0.292. The predicted molar refractivity (Wildman–Crippen MR) is 109 cm³/mol. The average Bonchev–Trinajstić information content (AvgIpc) is 3.19. The fourth-order valence-electron chi connectivity index (χ4n) is 2.28. The lowest BCUT2D eigenvalue weighted by molar-refractivity contribution is -0.121. The highest BCUT2D eigenvalue weighted by molar-refractivity contribution is 7.99. The van der Waals surface area contributed by atoms with Crippen molar-refractivity contribution in [3.05, 3.63) is 77.9 Å². The Balaban J connectivity index is 1.33. The van der Waals surface area contributed by atoms with Gasteiger partial charge in [-0.05, 0) is 48.1 Å². The molecule has 3 rings (SSSR count). The average molecular weight is 413 g/mol. The number of hydrazone groups is 1. The lowest BCUT2D eigenvalue weighted by Crippen LogP contribution is -2.17. The van der Waals surface area contributed by atoms with E-state index in [1.807, 2.05) is 18.2 Å². The standard InChI is InChI=1S/C21H20FN3O3S/c22-17-8-6-16(7-9-17)15-27-21-11-10-18(28-21)14-24-25-19(26)4-3-13-29-20-5-1-2-12-23-20/h1-2,5-12,14H,3-4,13,15H2,(H,25,26)/b24-14-. The minimum Gasteiger partial charge on any atom is -0.460 e. The normalized spacial score (nSPS) is 10.9. The van der Waals surface area contributed by atoms with Crippen LogP contribution in [-0.4, -0.2) is 22.9 Å². The molecule has 0 fully saturated rings. The molecule has 0 spiro atoms. The maximum absolute atomic E-state index is 12.9. The van der Waals surface area contributed by atoms with Crippen molar-refractivity contribution in [3.8, 4) is 5.95 Å². The summed E-state index contributed by atoms with van der Waals surface area (Å²) in [7, 11) is 0. The molecule has 2 heterocycles. The summed E-state index contributed by atoms with van der Waals surface area (Å²) in [5, 5.41) is 4.83. The van der Waals surface area contributed by atoms with Crippen LogP contribution in [0.25, 0.3) is 0 Å². The van der Waals surface area contributed by atoms with Crippen LogP contribution < -0.4 is 10.2 Å². The van der Waals surface area contributed by atoms with E-state index in [1.54, 1.807) is 42.2 Å². The first kappa shape index (κ1) is 20.6. The number of furan rings is 1. The number of hydrogen-bond acceptors (Lipinski definition) is 6. The van der Waals surface area contributed by atoms with Crippen LogP contribution in [0.5, 0.6) is 5.95 Å². The van der Waals surface area contributed by atoms with E-state index in [9.17, 15) is 9.18 Å². The summed E-state index contributed by atoms with van der Waals surface area (Å²) in [5.74, 6) is 1.11. The monoisotopic (exact) mass is 413 g/mol. The van der Waals surface area contributed by atoms with Crippen LogP contribution in [0.3, 0.4) is 0 Å². The Labute approximate surface area is 172 Å². The molecule has 0 aliphatic rings.